The fraction of sp³-hybridized carbons (Fsp3) is 0.533. The number of sulfone groups is 1. The zero-order chi connectivity index (χ0) is 15.3. The van der Waals surface area contributed by atoms with E-state index in [4.69, 9.17) is 4.74 Å². The van der Waals surface area contributed by atoms with Crippen LogP contribution in [0.4, 0.5) is 0 Å². The van der Waals surface area contributed by atoms with Crippen LogP contribution in [0.2, 0.25) is 0 Å². The van der Waals surface area contributed by atoms with Crippen LogP contribution in [0.25, 0.3) is 0 Å². The van der Waals surface area contributed by atoms with Crippen LogP contribution in [0.1, 0.15) is 24.8 Å². The summed E-state index contributed by atoms with van der Waals surface area (Å²) in [7, 11) is -3.40. The van der Waals surface area contributed by atoms with Gasteiger partial charge in [-0.1, -0.05) is 17.7 Å². The Morgan fingerprint density at radius 2 is 2.05 bits per heavy atom. The van der Waals surface area contributed by atoms with Gasteiger partial charge in [0.15, 0.2) is 9.84 Å². The lowest BCUT2D eigenvalue weighted by Crippen LogP contribution is -2.32. The molecule has 1 atom stereocenters. The van der Waals surface area contributed by atoms with Crippen LogP contribution in [0.15, 0.2) is 29.2 Å². The maximum absolute atomic E-state index is 12.1. The SMILES string of the molecule is Cc1ccc(S(=O)(=O)CCC(=O)NC[C@@H]2CCCO2)cc1. The molecule has 1 aliphatic rings. The van der Waals surface area contributed by atoms with Crippen LogP contribution < -0.4 is 5.32 Å². The van der Waals surface area contributed by atoms with E-state index in [0.29, 0.717) is 6.54 Å². The topological polar surface area (TPSA) is 72.5 Å². The van der Waals surface area contributed by atoms with Gasteiger partial charge in [-0.3, -0.25) is 4.79 Å². The lowest BCUT2D eigenvalue weighted by molar-refractivity contribution is -0.121. The predicted molar refractivity (Wildman–Crippen MR) is 79.8 cm³/mol. The van der Waals surface area contributed by atoms with Crippen molar-refractivity contribution in [2.75, 3.05) is 18.9 Å². The van der Waals surface area contributed by atoms with E-state index in [9.17, 15) is 13.2 Å². The molecule has 1 fully saturated rings. The first kappa shape index (κ1) is 16.0. The Balaban J connectivity index is 1.80. The van der Waals surface area contributed by atoms with Crippen molar-refractivity contribution in [1.29, 1.82) is 0 Å². The highest BCUT2D eigenvalue weighted by molar-refractivity contribution is 7.91. The summed E-state index contributed by atoms with van der Waals surface area (Å²) in [6.07, 6.45) is 2.01. The fourth-order valence-corrected chi connectivity index (χ4v) is 3.45. The quantitative estimate of drug-likeness (QED) is 0.863. The molecule has 1 aromatic rings. The Morgan fingerprint density at radius 3 is 2.67 bits per heavy atom. The normalized spacial score (nSPS) is 18.6. The summed E-state index contributed by atoms with van der Waals surface area (Å²) < 4.78 is 29.6. The van der Waals surface area contributed by atoms with Crippen LogP contribution in [0, 0.1) is 6.92 Å². The molecule has 0 radical (unpaired) electrons. The van der Waals surface area contributed by atoms with Crippen molar-refractivity contribution in [3.8, 4) is 0 Å². The van der Waals surface area contributed by atoms with Gasteiger partial charge in [0.2, 0.25) is 5.91 Å². The van der Waals surface area contributed by atoms with E-state index in [1.165, 1.54) is 0 Å². The molecule has 1 aliphatic heterocycles. The van der Waals surface area contributed by atoms with Crippen LogP contribution in [0.5, 0.6) is 0 Å². The first-order valence-electron chi connectivity index (χ1n) is 7.15. The predicted octanol–water partition coefficient (Wildman–Crippen LogP) is 1.45. The second-order valence-corrected chi connectivity index (χ2v) is 7.43. The average Bonchev–Trinajstić information content (AvgIpc) is 2.97. The molecular formula is C15H21NO4S. The Labute approximate surface area is 125 Å². The van der Waals surface area contributed by atoms with Crippen LogP contribution in [-0.2, 0) is 19.4 Å². The Hall–Kier alpha value is -1.40. The van der Waals surface area contributed by atoms with Gasteiger partial charge in [-0.2, -0.15) is 0 Å². The van der Waals surface area contributed by atoms with Gasteiger partial charge >= 0.3 is 0 Å². The van der Waals surface area contributed by atoms with Crippen LogP contribution >= 0.6 is 0 Å². The smallest absolute Gasteiger partial charge is 0.221 e. The molecule has 0 aromatic heterocycles. The second-order valence-electron chi connectivity index (χ2n) is 5.32. The summed E-state index contributed by atoms with van der Waals surface area (Å²) in [5, 5.41) is 2.73. The summed E-state index contributed by atoms with van der Waals surface area (Å²) in [6.45, 7) is 3.10. The maximum Gasteiger partial charge on any atom is 0.221 e. The van der Waals surface area contributed by atoms with E-state index >= 15 is 0 Å². The number of ether oxygens (including phenoxy) is 1. The molecule has 0 spiro atoms. The molecule has 2 rings (SSSR count). The van der Waals surface area contributed by atoms with Crippen molar-refractivity contribution in [2.45, 2.75) is 37.2 Å². The largest absolute Gasteiger partial charge is 0.376 e. The number of benzene rings is 1. The van der Waals surface area contributed by atoms with Gasteiger partial charge in [-0.25, -0.2) is 8.42 Å². The van der Waals surface area contributed by atoms with E-state index < -0.39 is 9.84 Å². The van der Waals surface area contributed by atoms with Gasteiger partial charge < -0.3 is 10.1 Å². The summed E-state index contributed by atoms with van der Waals surface area (Å²) in [4.78, 5) is 12.0. The third kappa shape index (κ3) is 4.82. The van der Waals surface area contributed by atoms with Crippen molar-refractivity contribution in [2.24, 2.45) is 0 Å². The molecule has 1 saturated heterocycles. The van der Waals surface area contributed by atoms with Gasteiger partial charge in [0, 0.05) is 19.6 Å². The Bertz CT molecular complexity index is 574. The average molecular weight is 311 g/mol. The first-order chi connectivity index (χ1) is 9.97. The monoisotopic (exact) mass is 311 g/mol. The highest BCUT2D eigenvalue weighted by Gasteiger charge is 2.18. The van der Waals surface area contributed by atoms with Crippen molar-refractivity contribution in [3.63, 3.8) is 0 Å². The molecule has 0 unspecified atom stereocenters. The molecule has 5 nitrogen and oxygen atoms in total. The van der Waals surface area contributed by atoms with Crippen LogP contribution in [-0.4, -0.2) is 39.3 Å². The van der Waals surface area contributed by atoms with Crippen LogP contribution in [0.3, 0.4) is 0 Å². The molecule has 0 bridgehead atoms. The third-order valence-electron chi connectivity index (χ3n) is 3.53. The van der Waals surface area contributed by atoms with E-state index in [1.54, 1.807) is 24.3 Å². The van der Waals surface area contributed by atoms with Crippen molar-refractivity contribution < 1.29 is 17.9 Å². The second kappa shape index (κ2) is 7.04. The van der Waals surface area contributed by atoms with Gasteiger partial charge in [0.05, 0.1) is 16.8 Å². The highest BCUT2D eigenvalue weighted by Crippen LogP contribution is 2.13. The maximum atomic E-state index is 12.1. The van der Waals surface area contributed by atoms with Gasteiger partial charge in [-0.15, -0.1) is 0 Å². The zero-order valence-electron chi connectivity index (χ0n) is 12.2. The number of carbonyl (C=O) groups is 1. The molecule has 1 N–H and O–H groups in total. The molecule has 116 valence electrons. The number of carbonyl (C=O) groups excluding carboxylic acids is 1. The van der Waals surface area contributed by atoms with Gasteiger partial charge in [-0.05, 0) is 31.9 Å². The zero-order valence-corrected chi connectivity index (χ0v) is 13.0. The molecule has 1 amide bonds. The summed E-state index contributed by atoms with van der Waals surface area (Å²) in [6, 6.07) is 6.67. The number of hydrogen-bond acceptors (Lipinski definition) is 4. The standard InChI is InChI=1S/C15H21NO4S/c1-12-4-6-14(7-5-12)21(18,19)10-8-15(17)16-11-13-3-2-9-20-13/h4-7,13H,2-3,8-11H2,1H3,(H,16,17)/t13-/m0/s1. The molecule has 0 saturated carbocycles. The van der Waals surface area contributed by atoms with E-state index in [-0.39, 0.29) is 29.1 Å². The summed E-state index contributed by atoms with van der Waals surface area (Å²) in [5.41, 5.74) is 1.00. The van der Waals surface area contributed by atoms with Crippen molar-refractivity contribution >= 4 is 15.7 Å². The number of nitrogens with one attached hydrogen (secondary N) is 1. The summed E-state index contributed by atoms with van der Waals surface area (Å²) >= 11 is 0. The van der Waals surface area contributed by atoms with Gasteiger partial charge in [0.1, 0.15) is 0 Å². The first-order valence-corrected chi connectivity index (χ1v) is 8.80. The summed E-state index contributed by atoms with van der Waals surface area (Å²) in [5.74, 6) is -0.422. The van der Waals surface area contributed by atoms with E-state index in [1.807, 2.05) is 6.92 Å². The minimum atomic E-state index is -3.40. The Kier molecular flexibility index (Phi) is 5.36. The minimum Gasteiger partial charge on any atom is -0.376 e. The molecule has 1 heterocycles. The lowest BCUT2D eigenvalue weighted by Gasteiger charge is -2.11. The molecule has 21 heavy (non-hydrogen) atoms. The van der Waals surface area contributed by atoms with E-state index in [0.717, 1.165) is 25.0 Å². The van der Waals surface area contributed by atoms with Crippen molar-refractivity contribution in [1.82, 2.24) is 5.32 Å². The number of aryl methyl sites for hydroxylation is 1. The van der Waals surface area contributed by atoms with Crippen molar-refractivity contribution in [3.05, 3.63) is 29.8 Å². The fourth-order valence-electron chi connectivity index (χ4n) is 2.21. The highest BCUT2D eigenvalue weighted by atomic mass is 32.2. The molecule has 0 aliphatic carbocycles. The number of rotatable bonds is 6. The molecule has 1 aromatic carbocycles. The number of amides is 1. The third-order valence-corrected chi connectivity index (χ3v) is 5.26. The molecule has 6 heteroatoms. The Morgan fingerprint density at radius 1 is 1.33 bits per heavy atom. The van der Waals surface area contributed by atoms with E-state index in [2.05, 4.69) is 5.32 Å². The molecular weight excluding hydrogens is 290 g/mol. The lowest BCUT2D eigenvalue weighted by atomic mass is 10.2. The van der Waals surface area contributed by atoms with Gasteiger partial charge in [0.25, 0.3) is 0 Å². The minimum absolute atomic E-state index is 0.0249. The number of hydrogen-bond donors (Lipinski definition) is 1.